The van der Waals surface area contributed by atoms with Gasteiger partial charge in [0.2, 0.25) is 0 Å². The van der Waals surface area contributed by atoms with Gasteiger partial charge in [-0.15, -0.1) is 11.3 Å². The van der Waals surface area contributed by atoms with Crippen molar-refractivity contribution in [2.45, 2.75) is 32.1 Å². The number of thiophene rings is 1. The lowest BCUT2D eigenvalue weighted by Gasteiger charge is -2.22. The monoisotopic (exact) mass is 730 g/mol. The van der Waals surface area contributed by atoms with Crippen LogP contribution in [0.3, 0.4) is 0 Å². The molecule has 0 saturated carbocycles. The third-order valence-corrected chi connectivity index (χ3v) is 14.1. The highest BCUT2D eigenvalue weighted by atomic mass is 32.1. The van der Waals surface area contributed by atoms with Gasteiger partial charge < -0.3 is 0 Å². The first kappa shape index (κ1) is 32.0. The summed E-state index contributed by atoms with van der Waals surface area (Å²) in [7, 11) is 0. The Kier molecular flexibility index (Phi) is 6.78. The quantitative estimate of drug-likeness (QED) is 0.170. The number of hydrogen-bond donors (Lipinski definition) is 0. The molecule has 1 heteroatoms. The molecule has 12 rings (SSSR count). The molecule has 2 aliphatic carbocycles. The lowest BCUT2D eigenvalue weighted by atomic mass is 9.81. The Morgan fingerprint density at radius 1 is 0.411 bits per heavy atom. The summed E-state index contributed by atoms with van der Waals surface area (Å²) < 4.78 is 2.74. The standard InChI is InChI=1S/C55H38S/c1-55(2)49-27-25-36(30-47(49)48-32-46-37(31-50(48)55)24-26-45-40-16-9-10-21-51(40)56-54(45)46)35-14-11-15-38(29-35)52-41-17-5-7-19-43(41)53(44-20-8-6-18-42(44)52)39-23-22-33-12-3-4-13-34(33)28-39/h3-5,7,9-32H,6,8H2,1-2H3. The van der Waals surface area contributed by atoms with Crippen molar-refractivity contribution >= 4 is 76.0 Å². The van der Waals surface area contributed by atoms with Crippen molar-refractivity contribution in [1.82, 2.24) is 0 Å². The van der Waals surface area contributed by atoms with Crippen LogP contribution in [0.15, 0.2) is 158 Å². The van der Waals surface area contributed by atoms with E-state index in [1.807, 2.05) is 11.3 Å². The highest BCUT2D eigenvalue weighted by Crippen LogP contribution is 2.52. The number of fused-ring (bicyclic) bond motifs is 11. The van der Waals surface area contributed by atoms with E-state index in [1.165, 1.54) is 119 Å². The fourth-order valence-electron chi connectivity index (χ4n) is 10.1. The van der Waals surface area contributed by atoms with E-state index in [0.717, 1.165) is 12.8 Å². The predicted molar refractivity (Wildman–Crippen MR) is 243 cm³/mol. The average Bonchev–Trinajstić information content (AvgIpc) is 3.73. The molecule has 0 nitrogen and oxygen atoms in total. The van der Waals surface area contributed by atoms with Crippen LogP contribution >= 0.6 is 11.3 Å². The van der Waals surface area contributed by atoms with Crippen molar-refractivity contribution in [3.63, 3.8) is 0 Å². The van der Waals surface area contributed by atoms with E-state index in [1.54, 1.807) is 0 Å². The summed E-state index contributed by atoms with van der Waals surface area (Å²) in [6.45, 7) is 4.79. The molecule has 264 valence electrons. The molecule has 0 fully saturated rings. The van der Waals surface area contributed by atoms with Gasteiger partial charge in [-0.05, 0) is 142 Å². The van der Waals surface area contributed by atoms with Gasteiger partial charge in [0, 0.05) is 31.0 Å². The van der Waals surface area contributed by atoms with E-state index in [-0.39, 0.29) is 5.41 Å². The Balaban J connectivity index is 1.03. The fourth-order valence-corrected chi connectivity index (χ4v) is 11.3. The summed E-state index contributed by atoms with van der Waals surface area (Å²) >= 11 is 1.92. The van der Waals surface area contributed by atoms with Crippen LogP contribution in [0.5, 0.6) is 0 Å². The zero-order valence-electron chi connectivity index (χ0n) is 31.5. The van der Waals surface area contributed by atoms with E-state index in [2.05, 4.69) is 184 Å². The predicted octanol–water partition coefficient (Wildman–Crippen LogP) is 14.2. The van der Waals surface area contributed by atoms with Gasteiger partial charge in [0.25, 0.3) is 0 Å². The fraction of sp³-hybridized carbons (Fsp3) is 0.0909. The summed E-state index contributed by atoms with van der Waals surface area (Å²) in [5.41, 5.74) is 13.2. The molecule has 0 radical (unpaired) electrons. The van der Waals surface area contributed by atoms with Crippen LogP contribution in [-0.2, 0) is 5.41 Å². The molecule has 0 atom stereocenters. The molecule has 0 saturated heterocycles. The molecule has 0 bridgehead atoms. The molecule has 56 heavy (non-hydrogen) atoms. The second-order valence-electron chi connectivity index (χ2n) is 16.3. The normalized spacial score (nSPS) is 14.2. The third kappa shape index (κ3) is 4.59. The minimum atomic E-state index is -0.0779. The van der Waals surface area contributed by atoms with Gasteiger partial charge in [-0.2, -0.15) is 0 Å². The van der Waals surface area contributed by atoms with Crippen LogP contribution in [0.25, 0.3) is 109 Å². The van der Waals surface area contributed by atoms with E-state index in [9.17, 15) is 0 Å². The van der Waals surface area contributed by atoms with Crippen molar-refractivity contribution in [3.8, 4) is 44.5 Å². The van der Waals surface area contributed by atoms with Gasteiger partial charge in [0.1, 0.15) is 0 Å². The van der Waals surface area contributed by atoms with E-state index < -0.39 is 0 Å². The molecule has 0 aliphatic heterocycles. The molecule has 10 aromatic rings. The Morgan fingerprint density at radius 2 is 1.04 bits per heavy atom. The maximum atomic E-state index is 2.50. The average molecular weight is 731 g/mol. The summed E-state index contributed by atoms with van der Waals surface area (Å²) in [6, 6.07) is 59.7. The first-order valence-electron chi connectivity index (χ1n) is 19.9. The number of benzene rings is 9. The van der Waals surface area contributed by atoms with E-state index in [4.69, 9.17) is 0 Å². The van der Waals surface area contributed by atoms with Crippen molar-refractivity contribution in [3.05, 3.63) is 179 Å². The Morgan fingerprint density at radius 3 is 1.84 bits per heavy atom. The Bertz CT molecular complexity index is 3450. The summed E-state index contributed by atoms with van der Waals surface area (Å²) in [6.07, 6.45) is 7.08. The van der Waals surface area contributed by atoms with Gasteiger partial charge in [-0.25, -0.2) is 0 Å². The van der Waals surface area contributed by atoms with Crippen LogP contribution in [0.2, 0.25) is 0 Å². The highest BCUT2D eigenvalue weighted by Gasteiger charge is 2.36. The number of rotatable bonds is 3. The van der Waals surface area contributed by atoms with Gasteiger partial charge in [0.15, 0.2) is 0 Å². The first-order chi connectivity index (χ1) is 27.5. The second-order valence-corrected chi connectivity index (χ2v) is 17.3. The molecule has 1 heterocycles. The number of hydrogen-bond acceptors (Lipinski definition) is 1. The van der Waals surface area contributed by atoms with Gasteiger partial charge in [-0.1, -0.05) is 147 Å². The molecular formula is C55H38S. The van der Waals surface area contributed by atoms with Crippen LogP contribution < -0.4 is 10.4 Å². The SMILES string of the molecule is CC1(C)c2ccc(-c3cccc(-c4c5c(c(-c6ccc7ccccc7c6)c6ccccc46)=CCCC=5)c3)cc2-c2cc3c(ccc4c5ccccc5sc34)cc21. The maximum Gasteiger partial charge on any atom is 0.0434 e. The lowest BCUT2D eigenvalue weighted by molar-refractivity contribution is 0.661. The van der Waals surface area contributed by atoms with Gasteiger partial charge >= 0.3 is 0 Å². The lowest BCUT2D eigenvalue weighted by Crippen LogP contribution is -2.31. The van der Waals surface area contributed by atoms with Crippen molar-refractivity contribution in [1.29, 1.82) is 0 Å². The van der Waals surface area contributed by atoms with E-state index >= 15 is 0 Å². The minimum absolute atomic E-state index is 0.0779. The molecule has 9 aromatic carbocycles. The zero-order valence-corrected chi connectivity index (χ0v) is 32.3. The Hall–Kier alpha value is -6.28. The Labute approximate surface area is 330 Å². The highest BCUT2D eigenvalue weighted by molar-refractivity contribution is 7.26. The van der Waals surface area contributed by atoms with Crippen molar-refractivity contribution in [2.75, 3.05) is 0 Å². The first-order valence-corrected chi connectivity index (χ1v) is 20.7. The molecular weight excluding hydrogens is 693 g/mol. The van der Waals surface area contributed by atoms with Crippen LogP contribution in [0.4, 0.5) is 0 Å². The minimum Gasteiger partial charge on any atom is -0.135 e. The van der Waals surface area contributed by atoms with Crippen LogP contribution in [0, 0.1) is 0 Å². The van der Waals surface area contributed by atoms with Crippen molar-refractivity contribution < 1.29 is 0 Å². The van der Waals surface area contributed by atoms with Crippen LogP contribution in [-0.4, -0.2) is 0 Å². The summed E-state index contributed by atoms with van der Waals surface area (Å²) in [5, 5.41) is 13.3. The molecule has 0 spiro atoms. The maximum absolute atomic E-state index is 2.50. The molecule has 1 aromatic heterocycles. The van der Waals surface area contributed by atoms with E-state index in [0.29, 0.717) is 0 Å². The zero-order chi connectivity index (χ0) is 37.1. The second kappa shape index (κ2) is 11.9. The molecule has 0 N–H and O–H groups in total. The summed E-state index contributed by atoms with van der Waals surface area (Å²) in [4.78, 5) is 0. The third-order valence-electron chi connectivity index (χ3n) is 12.8. The molecule has 0 amide bonds. The van der Waals surface area contributed by atoms with Gasteiger partial charge in [-0.3, -0.25) is 0 Å². The van der Waals surface area contributed by atoms with Crippen molar-refractivity contribution in [2.24, 2.45) is 0 Å². The topological polar surface area (TPSA) is 0 Å². The largest absolute Gasteiger partial charge is 0.135 e. The summed E-state index contributed by atoms with van der Waals surface area (Å²) in [5.74, 6) is 0. The molecule has 0 unspecified atom stereocenters. The molecule has 2 aliphatic rings. The van der Waals surface area contributed by atoms with Crippen LogP contribution in [0.1, 0.15) is 37.8 Å². The van der Waals surface area contributed by atoms with Gasteiger partial charge in [0.05, 0.1) is 0 Å². The smallest absolute Gasteiger partial charge is 0.0434 e.